The van der Waals surface area contributed by atoms with Gasteiger partial charge in [-0.3, -0.25) is 0 Å². The SMILES string of the molecule is COc1ccccc1NC(=O)Nc1ccccc1-c1cc2ccccc2[nH]1. The predicted octanol–water partition coefficient (Wildman–Crippen LogP) is 5.49. The van der Waals surface area contributed by atoms with Crippen LogP contribution in [0.2, 0.25) is 0 Å². The topological polar surface area (TPSA) is 66.2 Å². The summed E-state index contributed by atoms with van der Waals surface area (Å²) in [4.78, 5) is 15.9. The Morgan fingerprint density at radius 3 is 2.33 bits per heavy atom. The molecule has 4 aromatic rings. The Bertz CT molecular complexity index is 1070. The van der Waals surface area contributed by atoms with Gasteiger partial charge in [0.15, 0.2) is 0 Å². The Hall–Kier alpha value is -3.73. The van der Waals surface area contributed by atoms with Crippen LogP contribution in [0.4, 0.5) is 16.2 Å². The average Bonchev–Trinajstić information content (AvgIpc) is 3.13. The maximum Gasteiger partial charge on any atom is 0.323 e. The third-order valence-corrected chi connectivity index (χ3v) is 4.35. The van der Waals surface area contributed by atoms with Crippen LogP contribution in [-0.2, 0) is 0 Å². The highest BCUT2D eigenvalue weighted by Gasteiger charge is 2.12. The number of ether oxygens (including phenoxy) is 1. The molecule has 3 N–H and O–H groups in total. The molecule has 0 aliphatic rings. The van der Waals surface area contributed by atoms with Crippen LogP contribution in [0.15, 0.2) is 78.9 Å². The standard InChI is InChI=1S/C22H19N3O2/c1-27-21-13-7-6-12-19(21)25-22(26)24-18-11-5-3-9-16(18)20-14-15-8-2-4-10-17(15)23-20/h2-14,23H,1H3,(H2,24,25,26). The molecule has 134 valence electrons. The first-order chi connectivity index (χ1) is 13.2. The summed E-state index contributed by atoms with van der Waals surface area (Å²) in [5.74, 6) is 0.608. The molecular weight excluding hydrogens is 338 g/mol. The van der Waals surface area contributed by atoms with E-state index in [-0.39, 0.29) is 6.03 Å². The number of anilines is 2. The second kappa shape index (κ2) is 7.25. The summed E-state index contributed by atoms with van der Waals surface area (Å²) in [5.41, 5.74) is 4.26. The number of rotatable bonds is 4. The van der Waals surface area contributed by atoms with Gasteiger partial charge in [-0.15, -0.1) is 0 Å². The van der Waals surface area contributed by atoms with Gasteiger partial charge in [0.1, 0.15) is 5.75 Å². The van der Waals surface area contributed by atoms with Gasteiger partial charge in [-0.1, -0.05) is 48.5 Å². The molecule has 0 saturated carbocycles. The van der Waals surface area contributed by atoms with Crippen LogP contribution in [0.25, 0.3) is 22.2 Å². The number of hydrogen-bond acceptors (Lipinski definition) is 2. The predicted molar refractivity (Wildman–Crippen MR) is 109 cm³/mol. The number of aromatic amines is 1. The summed E-state index contributed by atoms with van der Waals surface area (Å²) in [7, 11) is 1.57. The average molecular weight is 357 g/mol. The molecule has 0 spiro atoms. The molecule has 27 heavy (non-hydrogen) atoms. The van der Waals surface area contributed by atoms with Crippen molar-refractivity contribution in [1.29, 1.82) is 0 Å². The lowest BCUT2D eigenvalue weighted by atomic mass is 10.1. The van der Waals surface area contributed by atoms with Gasteiger partial charge in [0.2, 0.25) is 0 Å². The summed E-state index contributed by atoms with van der Waals surface area (Å²) in [5, 5.41) is 6.88. The number of nitrogens with one attached hydrogen (secondary N) is 3. The minimum Gasteiger partial charge on any atom is -0.495 e. The zero-order valence-electron chi connectivity index (χ0n) is 14.8. The van der Waals surface area contributed by atoms with Crippen molar-refractivity contribution in [2.24, 2.45) is 0 Å². The van der Waals surface area contributed by atoms with E-state index in [2.05, 4.69) is 27.8 Å². The van der Waals surface area contributed by atoms with Gasteiger partial charge >= 0.3 is 6.03 Å². The van der Waals surface area contributed by atoms with Crippen molar-refractivity contribution in [3.05, 3.63) is 78.9 Å². The molecule has 1 heterocycles. The van der Waals surface area contributed by atoms with Gasteiger partial charge in [0.25, 0.3) is 0 Å². The molecule has 0 unspecified atom stereocenters. The van der Waals surface area contributed by atoms with Crippen LogP contribution < -0.4 is 15.4 Å². The van der Waals surface area contributed by atoms with Crippen molar-refractivity contribution in [2.75, 3.05) is 17.7 Å². The third-order valence-electron chi connectivity index (χ3n) is 4.35. The molecule has 4 rings (SSSR count). The minimum atomic E-state index is -0.330. The Morgan fingerprint density at radius 2 is 1.52 bits per heavy atom. The van der Waals surface area contributed by atoms with E-state index in [1.807, 2.05) is 54.6 Å². The van der Waals surface area contributed by atoms with E-state index in [4.69, 9.17) is 4.74 Å². The van der Waals surface area contributed by atoms with Crippen LogP contribution in [0, 0.1) is 0 Å². The second-order valence-electron chi connectivity index (χ2n) is 6.10. The van der Waals surface area contributed by atoms with Crippen molar-refractivity contribution >= 4 is 28.3 Å². The molecule has 3 aromatic carbocycles. The molecule has 0 fully saturated rings. The van der Waals surface area contributed by atoms with E-state index in [0.717, 1.165) is 27.8 Å². The number of H-pyrrole nitrogens is 1. The number of fused-ring (bicyclic) bond motifs is 1. The van der Waals surface area contributed by atoms with Crippen molar-refractivity contribution in [2.45, 2.75) is 0 Å². The summed E-state index contributed by atoms with van der Waals surface area (Å²) >= 11 is 0. The molecule has 5 nitrogen and oxygen atoms in total. The fraction of sp³-hybridized carbons (Fsp3) is 0.0455. The number of aromatic nitrogens is 1. The summed E-state index contributed by atoms with van der Waals surface area (Å²) in [6.07, 6.45) is 0. The molecule has 0 aliphatic carbocycles. The Labute approximate surface area is 157 Å². The van der Waals surface area contributed by atoms with E-state index in [9.17, 15) is 4.79 Å². The maximum absolute atomic E-state index is 12.5. The zero-order valence-corrected chi connectivity index (χ0v) is 14.8. The highest BCUT2D eigenvalue weighted by molar-refractivity contribution is 6.03. The summed E-state index contributed by atoms with van der Waals surface area (Å²) in [6.45, 7) is 0. The number of para-hydroxylation sites is 4. The lowest BCUT2D eigenvalue weighted by Crippen LogP contribution is -2.20. The molecule has 5 heteroatoms. The minimum absolute atomic E-state index is 0.330. The molecule has 0 radical (unpaired) electrons. The lowest BCUT2D eigenvalue weighted by Gasteiger charge is -2.13. The quantitative estimate of drug-likeness (QED) is 0.452. The number of carbonyl (C=O) groups is 1. The third kappa shape index (κ3) is 3.48. The molecule has 2 amide bonds. The van der Waals surface area contributed by atoms with Gasteiger partial charge in [0, 0.05) is 22.2 Å². The zero-order chi connectivity index (χ0) is 18.6. The number of urea groups is 1. The van der Waals surface area contributed by atoms with Gasteiger partial charge < -0.3 is 20.4 Å². The van der Waals surface area contributed by atoms with Gasteiger partial charge in [-0.05, 0) is 30.3 Å². The normalized spacial score (nSPS) is 10.6. The van der Waals surface area contributed by atoms with Crippen molar-refractivity contribution in [1.82, 2.24) is 4.98 Å². The highest BCUT2D eigenvalue weighted by atomic mass is 16.5. The fourth-order valence-electron chi connectivity index (χ4n) is 3.07. The largest absolute Gasteiger partial charge is 0.495 e. The van der Waals surface area contributed by atoms with Gasteiger partial charge in [-0.2, -0.15) is 0 Å². The van der Waals surface area contributed by atoms with Crippen LogP contribution in [0.3, 0.4) is 0 Å². The van der Waals surface area contributed by atoms with E-state index in [1.54, 1.807) is 19.2 Å². The maximum atomic E-state index is 12.5. The Kier molecular flexibility index (Phi) is 4.49. The molecule has 0 bridgehead atoms. The lowest BCUT2D eigenvalue weighted by molar-refractivity contribution is 0.262. The Morgan fingerprint density at radius 1 is 0.852 bits per heavy atom. The summed E-state index contributed by atoms with van der Waals surface area (Å²) < 4.78 is 5.28. The highest BCUT2D eigenvalue weighted by Crippen LogP contribution is 2.30. The molecular formula is C22H19N3O2. The molecule has 0 saturated heterocycles. The first-order valence-electron chi connectivity index (χ1n) is 8.63. The smallest absolute Gasteiger partial charge is 0.323 e. The second-order valence-corrected chi connectivity index (χ2v) is 6.10. The number of methoxy groups -OCH3 is 1. The Balaban J connectivity index is 1.60. The van der Waals surface area contributed by atoms with E-state index in [0.29, 0.717) is 11.4 Å². The van der Waals surface area contributed by atoms with Gasteiger partial charge in [0.05, 0.1) is 18.5 Å². The monoisotopic (exact) mass is 357 g/mol. The number of benzene rings is 3. The molecule has 0 aliphatic heterocycles. The number of carbonyl (C=O) groups excluding carboxylic acids is 1. The fourth-order valence-corrected chi connectivity index (χ4v) is 3.07. The van der Waals surface area contributed by atoms with E-state index >= 15 is 0 Å². The van der Waals surface area contributed by atoms with Crippen LogP contribution >= 0.6 is 0 Å². The van der Waals surface area contributed by atoms with Crippen molar-refractivity contribution < 1.29 is 9.53 Å². The molecule has 1 aromatic heterocycles. The van der Waals surface area contributed by atoms with Crippen molar-refractivity contribution in [3.8, 4) is 17.0 Å². The summed E-state index contributed by atoms with van der Waals surface area (Å²) in [6, 6.07) is 24.8. The van der Waals surface area contributed by atoms with Crippen LogP contribution in [-0.4, -0.2) is 18.1 Å². The van der Waals surface area contributed by atoms with Crippen molar-refractivity contribution in [3.63, 3.8) is 0 Å². The number of hydrogen-bond donors (Lipinski definition) is 3. The number of amides is 2. The van der Waals surface area contributed by atoms with Crippen LogP contribution in [0.5, 0.6) is 5.75 Å². The van der Waals surface area contributed by atoms with Gasteiger partial charge in [-0.25, -0.2) is 4.79 Å². The molecule has 0 atom stereocenters. The van der Waals surface area contributed by atoms with E-state index < -0.39 is 0 Å². The van der Waals surface area contributed by atoms with Crippen LogP contribution in [0.1, 0.15) is 0 Å². The first kappa shape index (κ1) is 16.7. The first-order valence-corrected chi connectivity index (χ1v) is 8.63. The van der Waals surface area contributed by atoms with E-state index in [1.165, 1.54) is 0 Å².